The minimum atomic E-state index is -1.64. The van der Waals surface area contributed by atoms with Gasteiger partial charge in [-0.3, -0.25) is 38.6 Å². The molecular weight excluding hydrogens is 782 g/mol. The number of hydrogen-bond acceptors (Lipinski definition) is 13. The normalized spacial score (nSPS) is 18.9. The molecule has 1 aromatic heterocycles. The topological polar surface area (TPSA) is 348 Å². The number of amides is 6. The minimum Gasteiger partial charge on any atom is -0.508 e. The van der Waals surface area contributed by atoms with Gasteiger partial charge in [0.05, 0.1) is 19.4 Å². The maximum absolute atomic E-state index is 14.0. The molecule has 1 fully saturated rings. The molecule has 0 aliphatic carbocycles. The van der Waals surface area contributed by atoms with E-state index in [0.717, 1.165) is 5.56 Å². The molecular formula is C38H49N13O9. The SMILES string of the molecule is Cc1nnc(-c2ccc(CC(=O)NCCCC[C@@H]3NC(=O)[C@@H](Cc4ccc(O)cc4)NC(=O)[C@H](CC(=O)O)NC(=O)CNC(=O)[C@@H](CCCN=C(N)N)NC3=O)cc2)nn1. The van der Waals surface area contributed by atoms with E-state index >= 15 is 0 Å². The van der Waals surface area contributed by atoms with E-state index in [0.29, 0.717) is 35.6 Å². The van der Waals surface area contributed by atoms with Crippen LogP contribution in [0, 0.1) is 6.92 Å². The number of benzene rings is 2. The van der Waals surface area contributed by atoms with E-state index in [1.807, 2.05) is 0 Å². The number of nitrogens with zero attached hydrogens (tertiary/aromatic N) is 5. The van der Waals surface area contributed by atoms with Gasteiger partial charge in [0, 0.05) is 25.1 Å². The number of carboxylic acid groups (broad SMARTS) is 1. The molecule has 3 aromatic rings. The number of phenols is 1. The molecule has 2 heterocycles. The first-order valence-electron chi connectivity index (χ1n) is 19.1. The maximum atomic E-state index is 14.0. The second-order valence-electron chi connectivity index (χ2n) is 13.9. The van der Waals surface area contributed by atoms with Crippen LogP contribution in [0.4, 0.5) is 0 Å². The number of nitrogens with one attached hydrogen (secondary N) is 6. The summed E-state index contributed by atoms with van der Waals surface area (Å²) in [5.41, 5.74) is 12.7. The zero-order valence-electron chi connectivity index (χ0n) is 32.8. The third-order valence-corrected chi connectivity index (χ3v) is 9.07. The Balaban J connectivity index is 1.49. The molecule has 1 aliphatic rings. The Morgan fingerprint density at radius 2 is 1.33 bits per heavy atom. The largest absolute Gasteiger partial charge is 0.508 e. The highest BCUT2D eigenvalue weighted by molar-refractivity contribution is 5.98. The van der Waals surface area contributed by atoms with Gasteiger partial charge < -0.3 is 53.6 Å². The van der Waals surface area contributed by atoms with E-state index in [2.05, 4.69) is 57.3 Å². The lowest BCUT2D eigenvalue weighted by Gasteiger charge is -2.26. The highest BCUT2D eigenvalue weighted by Gasteiger charge is 2.33. The smallest absolute Gasteiger partial charge is 0.305 e. The van der Waals surface area contributed by atoms with Gasteiger partial charge in [-0.2, -0.15) is 0 Å². The van der Waals surface area contributed by atoms with Gasteiger partial charge in [0.1, 0.15) is 29.9 Å². The molecule has 320 valence electrons. The molecule has 0 radical (unpaired) electrons. The number of aliphatic imine (C=N–C) groups is 1. The zero-order chi connectivity index (χ0) is 43.6. The third-order valence-electron chi connectivity index (χ3n) is 9.07. The zero-order valence-corrected chi connectivity index (χ0v) is 32.8. The Morgan fingerprint density at radius 1 is 0.750 bits per heavy atom. The van der Waals surface area contributed by atoms with E-state index in [9.17, 15) is 43.8 Å². The van der Waals surface area contributed by atoms with Gasteiger partial charge in [-0.1, -0.05) is 36.4 Å². The standard InChI is InChI=1S/C38H49N13O9/c1-21-48-50-33(51-49-21)24-11-7-23(8-12-24)18-30(53)41-15-3-2-5-27-35(58)45-26(6-4-16-42-38(39)40)34(57)43-20-31(54)44-29(19-32(55)56)37(60)47-28(36(59)46-27)17-22-9-13-25(52)14-10-22/h7-14,26-29,52H,2-6,15-20H2,1H3,(H,41,53)(H,43,57)(H,44,54)(H,45,58)(H,46,59)(H,47,60)(H,55,56)(H4,39,40,42)/t26-,27+,28-,29+/m1/s1. The van der Waals surface area contributed by atoms with Crippen molar-refractivity contribution in [3.05, 3.63) is 65.5 Å². The average molecular weight is 832 g/mol. The summed E-state index contributed by atoms with van der Waals surface area (Å²) in [6.07, 6.45) is 0.0498. The van der Waals surface area contributed by atoms with Crippen LogP contribution >= 0.6 is 0 Å². The first-order valence-corrected chi connectivity index (χ1v) is 19.1. The summed E-state index contributed by atoms with van der Waals surface area (Å²) in [6.45, 7) is 1.35. The molecule has 22 heteroatoms. The molecule has 6 amide bonds. The number of rotatable bonds is 16. The van der Waals surface area contributed by atoms with Crippen molar-refractivity contribution in [2.75, 3.05) is 19.6 Å². The Labute approximate surface area is 344 Å². The summed E-state index contributed by atoms with van der Waals surface area (Å²) >= 11 is 0. The number of unbranched alkanes of at least 4 members (excludes halogenated alkanes) is 1. The summed E-state index contributed by atoms with van der Waals surface area (Å²) in [7, 11) is 0. The number of aromatic nitrogens is 4. The summed E-state index contributed by atoms with van der Waals surface area (Å²) in [6, 6.07) is 7.28. The van der Waals surface area contributed by atoms with Crippen molar-refractivity contribution >= 4 is 47.4 Å². The number of aryl methyl sites for hydroxylation is 1. The molecule has 12 N–H and O–H groups in total. The Bertz CT molecular complexity index is 2010. The molecule has 1 aliphatic heterocycles. The fourth-order valence-electron chi connectivity index (χ4n) is 5.97. The molecule has 60 heavy (non-hydrogen) atoms. The molecule has 2 aromatic carbocycles. The fraction of sp³-hybridized carbons (Fsp3) is 0.421. The monoisotopic (exact) mass is 831 g/mol. The molecule has 0 spiro atoms. The van der Waals surface area contributed by atoms with Crippen LogP contribution < -0.4 is 43.4 Å². The Hall–Kier alpha value is -7.26. The van der Waals surface area contributed by atoms with Gasteiger partial charge in [-0.15, -0.1) is 20.4 Å². The van der Waals surface area contributed by atoms with Crippen LogP contribution in [0.1, 0.15) is 55.5 Å². The van der Waals surface area contributed by atoms with Crippen LogP contribution in [-0.4, -0.2) is 122 Å². The van der Waals surface area contributed by atoms with Gasteiger partial charge in [-0.25, -0.2) is 0 Å². The van der Waals surface area contributed by atoms with Crippen molar-refractivity contribution in [1.29, 1.82) is 0 Å². The Morgan fingerprint density at radius 3 is 1.98 bits per heavy atom. The minimum absolute atomic E-state index is 0.0186. The van der Waals surface area contributed by atoms with E-state index < -0.39 is 72.6 Å². The lowest BCUT2D eigenvalue weighted by molar-refractivity contribution is -0.141. The number of nitrogens with two attached hydrogens (primary N) is 2. The van der Waals surface area contributed by atoms with Gasteiger partial charge in [0.2, 0.25) is 41.3 Å². The van der Waals surface area contributed by atoms with Gasteiger partial charge in [0.25, 0.3) is 0 Å². The summed E-state index contributed by atoms with van der Waals surface area (Å²) in [4.78, 5) is 95.8. The molecule has 0 bridgehead atoms. The van der Waals surface area contributed by atoms with E-state index in [1.54, 1.807) is 31.2 Å². The number of aliphatic carboxylic acids is 1. The lowest BCUT2D eigenvalue weighted by atomic mass is 10.0. The van der Waals surface area contributed by atoms with Crippen LogP contribution in [-0.2, 0) is 46.4 Å². The number of carboxylic acids is 1. The second kappa shape index (κ2) is 22.6. The molecule has 0 saturated carbocycles. The van der Waals surface area contributed by atoms with Crippen molar-refractivity contribution in [2.45, 2.75) is 82.5 Å². The fourth-order valence-corrected chi connectivity index (χ4v) is 5.97. The predicted octanol–water partition coefficient (Wildman–Crippen LogP) is -2.38. The predicted molar refractivity (Wildman–Crippen MR) is 213 cm³/mol. The van der Waals surface area contributed by atoms with Crippen LogP contribution in [0.15, 0.2) is 53.5 Å². The number of hydrogen-bond donors (Lipinski definition) is 10. The number of carbonyl (C=O) groups is 7. The van der Waals surface area contributed by atoms with Crippen LogP contribution in [0.5, 0.6) is 5.75 Å². The molecule has 4 atom stereocenters. The van der Waals surface area contributed by atoms with Crippen molar-refractivity contribution in [3.8, 4) is 17.1 Å². The third kappa shape index (κ3) is 15.2. The average Bonchev–Trinajstić information content (AvgIpc) is 3.20. The molecule has 0 unspecified atom stereocenters. The summed E-state index contributed by atoms with van der Waals surface area (Å²) in [5.74, 6) is -5.40. The quantitative estimate of drug-likeness (QED) is 0.0409. The first-order chi connectivity index (χ1) is 28.7. The molecule has 22 nitrogen and oxygen atoms in total. The second-order valence-corrected chi connectivity index (χ2v) is 13.9. The van der Waals surface area contributed by atoms with E-state index in [1.165, 1.54) is 24.3 Å². The highest BCUT2D eigenvalue weighted by Crippen LogP contribution is 2.15. The summed E-state index contributed by atoms with van der Waals surface area (Å²) in [5, 5.41) is 50.4. The number of aromatic hydroxyl groups is 1. The molecule has 4 rings (SSSR count). The number of carbonyl (C=O) groups excluding carboxylic acids is 6. The first kappa shape index (κ1) is 45.4. The van der Waals surface area contributed by atoms with Crippen molar-refractivity contribution in [1.82, 2.24) is 52.3 Å². The number of phenolic OH excluding ortho intramolecular Hbond substituents is 1. The van der Waals surface area contributed by atoms with Gasteiger partial charge in [-0.05, 0) is 62.3 Å². The Kier molecular flexibility index (Phi) is 17.1. The molecule has 1 saturated heterocycles. The summed E-state index contributed by atoms with van der Waals surface area (Å²) < 4.78 is 0. The van der Waals surface area contributed by atoms with Crippen molar-refractivity contribution in [2.24, 2.45) is 16.5 Å². The van der Waals surface area contributed by atoms with Crippen LogP contribution in [0.3, 0.4) is 0 Å². The van der Waals surface area contributed by atoms with Crippen LogP contribution in [0.2, 0.25) is 0 Å². The van der Waals surface area contributed by atoms with Crippen molar-refractivity contribution < 1.29 is 43.8 Å². The maximum Gasteiger partial charge on any atom is 0.305 e. The number of guanidine groups is 1. The van der Waals surface area contributed by atoms with Gasteiger partial charge >= 0.3 is 5.97 Å². The van der Waals surface area contributed by atoms with E-state index in [-0.39, 0.29) is 62.8 Å². The highest BCUT2D eigenvalue weighted by atomic mass is 16.4. The van der Waals surface area contributed by atoms with Crippen LogP contribution in [0.25, 0.3) is 11.4 Å². The lowest BCUT2D eigenvalue weighted by Crippen LogP contribution is -2.58. The van der Waals surface area contributed by atoms with Gasteiger partial charge in [0.15, 0.2) is 11.8 Å². The van der Waals surface area contributed by atoms with E-state index in [4.69, 9.17) is 11.5 Å². The van der Waals surface area contributed by atoms with Crippen molar-refractivity contribution in [3.63, 3.8) is 0 Å².